The molecule has 108 valence electrons. The molecule has 2 rings (SSSR count). The van der Waals surface area contributed by atoms with Crippen LogP contribution >= 0.6 is 0 Å². The predicted octanol–water partition coefficient (Wildman–Crippen LogP) is 4.16. The highest BCUT2D eigenvalue weighted by molar-refractivity contribution is 5.58. The van der Waals surface area contributed by atoms with Crippen LogP contribution in [0.3, 0.4) is 0 Å². The van der Waals surface area contributed by atoms with E-state index in [1.807, 2.05) is 6.07 Å². The topological polar surface area (TPSA) is 25.2 Å². The monoisotopic (exact) mass is 279 g/mol. The summed E-state index contributed by atoms with van der Waals surface area (Å²) in [5, 5.41) is 3.36. The lowest BCUT2D eigenvalue weighted by molar-refractivity contribution is 0.462. The third-order valence-electron chi connectivity index (χ3n) is 3.11. The molecule has 20 heavy (non-hydrogen) atoms. The van der Waals surface area contributed by atoms with Crippen molar-refractivity contribution in [2.75, 3.05) is 6.54 Å². The third kappa shape index (κ3) is 3.67. The van der Waals surface area contributed by atoms with E-state index in [0.717, 1.165) is 43.3 Å². The van der Waals surface area contributed by atoms with Gasteiger partial charge in [0, 0.05) is 12.5 Å². The Morgan fingerprint density at radius 3 is 2.75 bits per heavy atom. The Bertz CT molecular complexity index is 565. The lowest BCUT2D eigenvalue weighted by atomic mass is 10.1. The molecule has 2 aromatic rings. The third-order valence-corrected chi connectivity index (χ3v) is 3.11. The van der Waals surface area contributed by atoms with Gasteiger partial charge in [0.2, 0.25) is 0 Å². The fourth-order valence-electron chi connectivity index (χ4n) is 2.08. The molecule has 1 atom stereocenters. The van der Waals surface area contributed by atoms with Crippen LogP contribution in [0.4, 0.5) is 8.78 Å². The first kappa shape index (κ1) is 14.7. The summed E-state index contributed by atoms with van der Waals surface area (Å²) in [4.78, 5) is 0. The van der Waals surface area contributed by atoms with Crippen LogP contribution in [0.15, 0.2) is 34.7 Å². The zero-order valence-corrected chi connectivity index (χ0v) is 11.7. The van der Waals surface area contributed by atoms with Gasteiger partial charge in [0.15, 0.2) is 0 Å². The van der Waals surface area contributed by atoms with E-state index < -0.39 is 11.6 Å². The standard InChI is InChI=1S/C16H19F2NO/c1-3-8-19-11(2)9-13-5-7-16(20-13)14-10-12(17)4-6-15(14)18/h4-7,10-11,19H,3,8-9H2,1-2H3. The average molecular weight is 279 g/mol. The number of hydrogen-bond donors (Lipinski definition) is 1. The Labute approximate surface area is 117 Å². The van der Waals surface area contributed by atoms with Crippen LogP contribution in [0.2, 0.25) is 0 Å². The van der Waals surface area contributed by atoms with Crippen molar-refractivity contribution in [3.8, 4) is 11.3 Å². The summed E-state index contributed by atoms with van der Waals surface area (Å²) in [6.45, 7) is 5.13. The number of furan rings is 1. The molecular weight excluding hydrogens is 260 g/mol. The number of nitrogens with one attached hydrogen (secondary N) is 1. The molecular formula is C16H19F2NO. The fourth-order valence-corrected chi connectivity index (χ4v) is 2.08. The molecule has 0 aliphatic rings. The smallest absolute Gasteiger partial charge is 0.137 e. The molecule has 0 saturated heterocycles. The summed E-state index contributed by atoms with van der Waals surface area (Å²) in [5.41, 5.74) is 0.158. The van der Waals surface area contributed by atoms with E-state index in [-0.39, 0.29) is 11.6 Å². The van der Waals surface area contributed by atoms with E-state index in [1.54, 1.807) is 6.07 Å². The molecule has 0 fully saturated rings. The van der Waals surface area contributed by atoms with E-state index in [0.29, 0.717) is 5.76 Å². The summed E-state index contributed by atoms with van der Waals surface area (Å²) < 4.78 is 32.4. The molecule has 1 heterocycles. The second-order valence-electron chi connectivity index (χ2n) is 4.95. The maximum Gasteiger partial charge on any atom is 0.137 e. The van der Waals surface area contributed by atoms with Crippen molar-refractivity contribution < 1.29 is 13.2 Å². The van der Waals surface area contributed by atoms with Crippen molar-refractivity contribution >= 4 is 0 Å². The van der Waals surface area contributed by atoms with Gasteiger partial charge in [-0.15, -0.1) is 0 Å². The van der Waals surface area contributed by atoms with Crippen molar-refractivity contribution in [3.05, 3.63) is 47.7 Å². The molecule has 0 saturated carbocycles. The molecule has 0 radical (unpaired) electrons. The zero-order valence-electron chi connectivity index (χ0n) is 11.7. The van der Waals surface area contributed by atoms with E-state index in [1.165, 1.54) is 0 Å². The van der Waals surface area contributed by atoms with Gasteiger partial charge in [-0.2, -0.15) is 0 Å². The number of benzene rings is 1. The Morgan fingerprint density at radius 2 is 2.00 bits per heavy atom. The first-order valence-corrected chi connectivity index (χ1v) is 6.87. The SMILES string of the molecule is CCCNC(C)Cc1ccc(-c2cc(F)ccc2F)o1. The molecule has 2 nitrogen and oxygen atoms in total. The second kappa shape index (κ2) is 6.66. The lowest BCUT2D eigenvalue weighted by Gasteiger charge is -2.11. The van der Waals surface area contributed by atoms with Crippen molar-refractivity contribution in [3.63, 3.8) is 0 Å². The minimum atomic E-state index is -0.482. The Hall–Kier alpha value is -1.68. The first-order chi connectivity index (χ1) is 9.60. The van der Waals surface area contributed by atoms with Gasteiger partial charge in [-0.1, -0.05) is 6.92 Å². The minimum absolute atomic E-state index is 0.158. The maximum absolute atomic E-state index is 13.7. The van der Waals surface area contributed by atoms with Crippen LogP contribution in [-0.2, 0) is 6.42 Å². The Balaban J connectivity index is 2.10. The fraction of sp³-hybridized carbons (Fsp3) is 0.375. The Kier molecular flexibility index (Phi) is 4.90. The normalized spacial score (nSPS) is 12.6. The maximum atomic E-state index is 13.7. The second-order valence-corrected chi connectivity index (χ2v) is 4.95. The summed E-state index contributed by atoms with van der Waals surface area (Å²) in [5.74, 6) is 0.168. The molecule has 0 bridgehead atoms. The number of hydrogen-bond acceptors (Lipinski definition) is 2. The van der Waals surface area contributed by atoms with Crippen LogP contribution in [0.1, 0.15) is 26.0 Å². The van der Waals surface area contributed by atoms with Gasteiger partial charge >= 0.3 is 0 Å². The average Bonchev–Trinajstić information content (AvgIpc) is 2.87. The summed E-state index contributed by atoms with van der Waals surface area (Å²) >= 11 is 0. The molecule has 0 amide bonds. The lowest BCUT2D eigenvalue weighted by Crippen LogP contribution is -2.28. The summed E-state index contributed by atoms with van der Waals surface area (Å²) in [6, 6.07) is 7.13. The van der Waals surface area contributed by atoms with E-state index in [4.69, 9.17) is 4.42 Å². The van der Waals surface area contributed by atoms with E-state index in [9.17, 15) is 8.78 Å². The van der Waals surface area contributed by atoms with Crippen LogP contribution in [-0.4, -0.2) is 12.6 Å². The molecule has 0 aliphatic heterocycles. The molecule has 1 aromatic carbocycles. The van der Waals surface area contributed by atoms with Crippen molar-refractivity contribution in [1.29, 1.82) is 0 Å². The molecule has 1 unspecified atom stereocenters. The molecule has 1 N–H and O–H groups in total. The summed E-state index contributed by atoms with van der Waals surface area (Å²) in [6.07, 6.45) is 1.79. The van der Waals surface area contributed by atoms with Gasteiger partial charge in [-0.3, -0.25) is 0 Å². The van der Waals surface area contributed by atoms with Crippen LogP contribution in [0.5, 0.6) is 0 Å². The van der Waals surface area contributed by atoms with Crippen LogP contribution in [0.25, 0.3) is 11.3 Å². The minimum Gasteiger partial charge on any atom is -0.461 e. The highest BCUT2D eigenvalue weighted by Crippen LogP contribution is 2.26. The summed E-state index contributed by atoms with van der Waals surface area (Å²) in [7, 11) is 0. The molecule has 0 aliphatic carbocycles. The number of rotatable bonds is 6. The van der Waals surface area contributed by atoms with Gasteiger partial charge in [-0.05, 0) is 50.2 Å². The van der Waals surface area contributed by atoms with Gasteiger partial charge in [0.05, 0.1) is 5.56 Å². The first-order valence-electron chi connectivity index (χ1n) is 6.87. The molecule has 1 aromatic heterocycles. The van der Waals surface area contributed by atoms with Crippen molar-refractivity contribution in [2.45, 2.75) is 32.7 Å². The molecule has 0 spiro atoms. The van der Waals surface area contributed by atoms with Crippen LogP contribution in [0, 0.1) is 11.6 Å². The molecule has 4 heteroatoms. The number of halogens is 2. The quantitative estimate of drug-likeness (QED) is 0.859. The van der Waals surface area contributed by atoms with Gasteiger partial charge in [0.1, 0.15) is 23.2 Å². The predicted molar refractivity (Wildman–Crippen MR) is 75.5 cm³/mol. The zero-order chi connectivity index (χ0) is 14.5. The van der Waals surface area contributed by atoms with Gasteiger partial charge < -0.3 is 9.73 Å². The highest BCUT2D eigenvalue weighted by Gasteiger charge is 2.12. The largest absolute Gasteiger partial charge is 0.461 e. The van der Waals surface area contributed by atoms with E-state index >= 15 is 0 Å². The van der Waals surface area contributed by atoms with Crippen molar-refractivity contribution in [1.82, 2.24) is 5.32 Å². The highest BCUT2D eigenvalue weighted by atomic mass is 19.1. The van der Waals surface area contributed by atoms with Gasteiger partial charge in [0.25, 0.3) is 0 Å². The van der Waals surface area contributed by atoms with E-state index in [2.05, 4.69) is 19.2 Å². The Morgan fingerprint density at radius 1 is 1.20 bits per heavy atom. The van der Waals surface area contributed by atoms with Crippen molar-refractivity contribution in [2.24, 2.45) is 0 Å². The van der Waals surface area contributed by atoms with Crippen LogP contribution < -0.4 is 5.32 Å². The van der Waals surface area contributed by atoms with Gasteiger partial charge in [-0.25, -0.2) is 8.78 Å².